The summed E-state index contributed by atoms with van der Waals surface area (Å²) < 4.78 is 0. The predicted molar refractivity (Wildman–Crippen MR) is 66.8 cm³/mol. The summed E-state index contributed by atoms with van der Waals surface area (Å²) in [4.78, 5) is 13.8. The molecule has 0 atom stereocenters. The van der Waals surface area contributed by atoms with E-state index in [0.717, 1.165) is 19.5 Å². The second-order valence-electron chi connectivity index (χ2n) is 3.45. The molecular formula is C10H21N3OS. The second kappa shape index (κ2) is 8.61. The molecule has 5 heteroatoms. The second-order valence-corrected chi connectivity index (χ2v) is 3.97. The van der Waals surface area contributed by atoms with Crippen LogP contribution in [0, 0.1) is 0 Å². The minimum atomic E-state index is 0.0848. The summed E-state index contributed by atoms with van der Waals surface area (Å²) in [6.07, 6.45) is 1.55. The third-order valence-electron chi connectivity index (χ3n) is 1.95. The van der Waals surface area contributed by atoms with E-state index in [-0.39, 0.29) is 5.91 Å². The molecular weight excluding hydrogens is 210 g/mol. The lowest BCUT2D eigenvalue weighted by atomic mass is 10.3. The Morgan fingerprint density at radius 3 is 2.53 bits per heavy atom. The lowest BCUT2D eigenvalue weighted by molar-refractivity contribution is -0.121. The van der Waals surface area contributed by atoms with Crippen LogP contribution in [0.1, 0.15) is 26.7 Å². The maximum Gasteiger partial charge on any atom is 0.221 e. The summed E-state index contributed by atoms with van der Waals surface area (Å²) in [5.74, 6) is 0.0848. The number of carbonyl (C=O) groups is 1. The van der Waals surface area contributed by atoms with Crippen molar-refractivity contribution in [3.8, 4) is 0 Å². The summed E-state index contributed by atoms with van der Waals surface area (Å²) >= 11 is 4.85. The molecule has 0 fully saturated rings. The summed E-state index contributed by atoms with van der Waals surface area (Å²) in [7, 11) is 0. The molecule has 0 aromatic rings. The Bertz CT molecular complexity index is 209. The van der Waals surface area contributed by atoms with E-state index in [2.05, 4.69) is 17.1 Å². The molecule has 0 saturated carbocycles. The molecule has 4 nitrogen and oxygen atoms in total. The smallest absolute Gasteiger partial charge is 0.221 e. The van der Waals surface area contributed by atoms with Gasteiger partial charge in [-0.05, 0) is 19.9 Å². The van der Waals surface area contributed by atoms with E-state index in [0.29, 0.717) is 24.5 Å². The van der Waals surface area contributed by atoms with Crippen molar-refractivity contribution in [1.29, 1.82) is 0 Å². The highest BCUT2D eigenvalue weighted by atomic mass is 32.1. The van der Waals surface area contributed by atoms with E-state index in [1.807, 2.05) is 6.92 Å². The van der Waals surface area contributed by atoms with Gasteiger partial charge in [-0.25, -0.2) is 0 Å². The molecule has 0 saturated heterocycles. The van der Waals surface area contributed by atoms with E-state index in [1.165, 1.54) is 0 Å². The van der Waals surface area contributed by atoms with Crippen LogP contribution in [0.4, 0.5) is 0 Å². The minimum absolute atomic E-state index is 0.0848. The first-order valence-corrected chi connectivity index (χ1v) is 5.78. The van der Waals surface area contributed by atoms with Crippen molar-refractivity contribution in [1.82, 2.24) is 10.2 Å². The molecule has 3 N–H and O–H groups in total. The number of nitrogens with one attached hydrogen (secondary N) is 1. The number of hydrogen-bond acceptors (Lipinski definition) is 3. The van der Waals surface area contributed by atoms with E-state index in [4.69, 9.17) is 18.0 Å². The van der Waals surface area contributed by atoms with Crippen LogP contribution in [-0.2, 0) is 4.79 Å². The average Bonchev–Trinajstić information content (AvgIpc) is 2.14. The molecule has 1 amide bonds. The van der Waals surface area contributed by atoms with Crippen molar-refractivity contribution >= 4 is 23.1 Å². The van der Waals surface area contributed by atoms with Gasteiger partial charge in [0.15, 0.2) is 0 Å². The van der Waals surface area contributed by atoms with Crippen LogP contribution >= 0.6 is 12.2 Å². The molecule has 0 rings (SSSR count). The van der Waals surface area contributed by atoms with Gasteiger partial charge >= 0.3 is 0 Å². The molecule has 0 unspecified atom stereocenters. The monoisotopic (exact) mass is 231 g/mol. The topological polar surface area (TPSA) is 58.4 Å². The van der Waals surface area contributed by atoms with Crippen LogP contribution in [0.3, 0.4) is 0 Å². The lowest BCUT2D eigenvalue weighted by Crippen LogP contribution is -2.36. The SMILES string of the molecule is CCCN(CCC(=O)NCC)CC(N)=S. The zero-order chi connectivity index (χ0) is 11.7. The normalized spacial score (nSPS) is 10.3. The van der Waals surface area contributed by atoms with Crippen molar-refractivity contribution < 1.29 is 4.79 Å². The van der Waals surface area contributed by atoms with Gasteiger partial charge < -0.3 is 11.1 Å². The van der Waals surface area contributed by atoms with Crippen LogP contribution in [0.5, 0.6) is 0 Å². The zero-order valence-corrected chi connectivity index (χ0v) is 10.4. The Morgan fingerprint density at radius 2 is 2.07 bits per heavy atom. The first kappa shape index (κ1) is 14.3. The zero-order valence-electron chi connectivity index (χ0n) is 9.58. The fourth-order valence-corrected chi connectivity index (χ4v) is 1.53. The molecule has 0 aliphatic heterocycles. The summed E-state index contributed by atoms with van der Waals surface area (Å²) in [6.45, 7) is 6.94. The molecule has 0 aromatic carbocycles. The molecule has 0 aliphatic rings. The first-order chi connectivity index (χ1) is 7.10. The minimum Gasteiger partial charge on any atom is -0.392 e. The Balaban J connectivity index is 3.84. The van der Waals surface area contributed by atoms with Gasteiger partial charge in [-0.3, -0.25) is 9.69 Å². The molecule has 15 heavy (non-hydrogen) atoms. The first-order valence-electron chi connectivity index (χ1n) is 5.37. The van der Waals surface area contributed by atoms with Gasteiger partial charge in [-0.15, -0.1) is 0 Å². The average molecular weight is 231 g/mol. The Hall–Kier alpha value is -0.680. The summed E-state index contributed by atoms with van der Waals surface area (Å²) in [5, 5.41) is 2.77. The third-order valence-corrected chi connectivity index (χ3v) is 2.08. The highest BCUT2D eigenvalue weighted by molar-refractivity contribution is 7.80. The van der Waals surface area contributed by atoms with Crippen LogP contribution in [-0.4, -0.2) is 42.0 Å². The van der Waals surface area contributed by atoms with Crippen molar-refractivity contribution in [2.24, 2.45) is 5.73 Å². The summed E-state index contributed by atoms with van der Waals surface area (Å²) in [5.41, 5.74) is 5.48. The number of nitrogens with two attached hydrogens (primary N) is 1. The van der Waals surface area contributed by atoms with Crippen molar-refractivity contribution in [2.75, 3.05) is 26.2 Å². The van der Waals surface area contributed by atoms with Gasteiger partial charge in [0, 0.05) is 26.1 Å². The molecule has 88 valence electrons. The number of nitrogens with zero attached hydrogens (tertiary/aromatic N) is 1. The fraction of sp³-hybridized carbons (Fsp3) is 0.800. The quantitative estimate of drug-likeness (QED) is 0.598. The maximum atomic E-state index is 11.2. The number of thiocarbonyl (C=S) groups is 1. The summed E-state index contributed by atoms with van der Waals surface area (Å²) in [6, 6.07) is 0. The van der Waals surface area contributed by atoms with Crippen LogP contribution in [0.15, 0.2) is 0 Å². The van der Waals surface area contributed by atoms with Crippen LogP contribution < -0.4 is 11.1 Å². The molecule has 0 aliphatic carbocycles. The number of amides is 1. The molecule has 0 heterocycles. The van der Waals surface area contributed by atoms with Crippen molar-refractivity contribution in [2.45, 2.75) is 26.7 Å². The Morgan fingerprint density at radius 1 is 1.40 bits per heavy atom. The number of hydrogen-bond donors (Lipinski definition) is 2. The Kier molecular flexibility index (Phi) is 8.22. The highest BCUT2D eigenvalue weighted by Crippen LogP contribution is 1.94. The highest BCUT2D eigenvalue weighted by Gasteiger charge is 2.07. The lowest BCUT2D eigenvalue weighted by Gasteiger charge is -2.20. The molecule has 0 radical (unpaired) electrons. The fourth-order valence-electron chi connectivity index (χ4n) is 1.35. The third kappa shape index (κ3) is 8.32. The number of rotatable bonds is 8. The largest absolute Gasteiger partial charge is 0.392 e. The molecule has 0 bridgehead atoms. The van der Waals surface area contributed by atoms with Crippen molar-refractivity contribution in [3.05, 3.63) is 0 Å². The molecule has 0 aromatic heterocycles. The standard InChI is InChI=1S/C10H21N3OS/c1-3-6-13(8-9(11)15)7-5-10(14)12-4-2/h3-8H2,1-2H3,(H2,11,15)(H,12,14). The van der Waals surface area contributed by atoms with Gasteiger partial charge in [-0.1, -0.05) is 19.1 Å². The van der Waals surface area contributed by atoms with E-state index in [9.17, 15) is 4.79 Å². The maximum absolute atomic E-state index is 11.2. The van der Waals surface area contributed by atoms with Gasteiger partial charge in [0.25, 0.3) is 0 Å². The van der Waals surface area contributed by atoms with Crippen LogP contribution in [0.2, 0.25) is 0 Å². The molecule has 0 spiro atoms. The van der Waals surface area contributed by atoms with Gasteiger partial charge in [0.1, 0.15) is 0 Å². The van der Waals surface area contributed by atoms with Crippen LogP contribution in [0.25, 0.3) is 0 Å². The van der Waals surface area contributed by atoms with E-state index >= 15 is 0 Å². The van der Waals surface area contributed by atoms with Gasteiger partial charge in [-0.2, -0.15) is 0 Å². The van der Waals surface area contributed by atoms with Gasteiger partial charge in [0.2, 0.25) is 5.91 Å². The Labute approximate surface area is 97.2 Å². The van der Waals surface area contributed by atoms with E-state index < -0.39 is 0 Å². The number of carbonyl (C=O) groups excluding carboxylic acids is 1. The van der Waals surface area contributed by atoms with Crippen molar-refractivity contribution in [3.63, 3.8) is 0 Å². The predicted octanol–water partition coefficient (Wildman–Crippen LogP) is 0.511. The van der Waals surface area contributed by atoms with Gasteiger partial charge in [0.05, 0.1) is 4.99 Å². The van der Waals surface area contributed by atoms with E-state index in [1.54, 1.807) is 0 Å².